The number of hydrogen-bond donors (Lipinski definition) is 2. The van der Waals surface area contributed by atoms with Crippen LogP contribution in [0.3, 0.4) is 0 Å². The number of ether oxygens (including phenoxy) is 1. The first-order valence-electron chi connectivity index (χ1n) is 5.25. The second-order valence-corrected chi connectivity index (χ2v) is 5.84. The summed E-state index contributed by atoms with van der Waals surface area (Å²) in [6.07, 6.45) is 0. The molecular formula is C11H18BrNO2S. The van der Waals surface area contributed by atoms with Crippen molar-refractivity contribution in [2.24, 2.45) is 5.92 Å². The average molecular weight is 308 g/mol. The van der Waals surface area contributed by atoms with Crippen molar-refractivity contribution in [3.8, 4) is 5.06 Å². The number of hydrogen-bond acceptors (Lipinski definition) is 4. The Kier molecular flexibility index (Phi) is 5.75. The summed E-state index contributed by atoms with van der Waals surface area (Å²) in [6, 6.07) is 2.36. The van der Waals surface area contributed by atoms with Crippen LogP contribution in [0.2, 0.25) is 0 Å². The van der Waals surface area contributed by atoms with E-state index in [1.807, 2.05) is 6.92 Å². The maximum absolute atomic E-state index is 9.02. The van der Waals surface area contributed by atoms with E-state index in [9.17, 15) is 0 Å². The van der Waals surface area contributed by atoms with Crippen LogP contribution in [0.5, 0.6) is 5.06 Å². The Balaban J connectivity index is 2.48. The third-order valence-corrected chi connectivity index (χ3v) is 4.58. The highest BCUT2D eigenvalue weighted by molar-refractivity contribution is 9.10. The monoisotopic (exact) mass is 307 g/mol. The molecule has 0 radical (unpaired) electrons. The highest BCUT2D eigenvalue weighted by atomic mass is 79.9. The molecule has 3 nitrogen and oxygen atoms in total. The van der Waals surface area contributed by atoms with Gasteiger partial charge in [-0.05, 0) is 34.8 Å². The number of thiophene rings is 1. The van der Waals surface area contributed by atoms with Gasteiger partial charge < -0.3 is 15.2 Å². The summed E-state index contributed by atoms with van der Waals surface area (Å²) in [5.74, 6) is 0.269. The number of halogens is 1. The number of methoxy groups -OCH3 is 1. The van der Waals surface area contributed by atoms with E-state index < -0.39 is 0 Å². The summed E-state index contributed by atoms with van der Waals surface area (Å²) in [4.78, 5) is 1.22. The number of rotatable bonds is 6. The van der Waals surface area contributed by atoms with Crippen molar-refractivity contribution in [1.82, 2.24) is 5.32 Å². The molecule has 0 aliphatic carbocycles. The molecule has 0 spiro atoms. The SMILES string of the molecule is COc1sc(CNC(C)C(C)CO)cc1Br. The van der Waals surface area contributed by atoms with E-state index in [0.29, 0.717) is 6.04 Å². The van der Waals surface area contributed by atoms with Crippen LogP contribution in [0, 0.1) is 5.92 Å². The Hall–Kier alpha value is -0.100. The predicted molar refractivity (Wildman–Crippen MR) is 71.1 cm³/mol. The van der Waals surface area contributed by atoms with Crippen molar-refractivity contribution >= 4 is 27.3 Å². The van der Waals surface area contributed by atoms with Gasteiger partial charge in [0.25, 0.3) is 0 Å². The van der Waals surface area contributed by atoms with Gasteiger partial charge in [-0.1, -0.05) is 6.92 Å². The average Bonchev–Trinajstić information content (AvgIpc) is 2.65. The quantitative estimate of drug-likeness (QED) is 0.849. The van der Waals surface area contributed by atoms with Crippen molar-refractivity contribution in [2.75, 3.05) is 13.7 Å². The fraction of sp³-hybridized carbons (Fsp3) is 0.636. The Morgan fingerprint density at radius 3 is 2.75 bits per heavy atom. The van der Waals surface area contributed by atoms with E-state index in [4.69, 9.17) is 9.84 Å². The largest absolute Gasteiger partial charge is 0.486 e. The van der Waals surface area contributed by atoms with Gasteiger partial charge in [0.15, 0.2) is 5.06 Å². The fourth-order valence-corrected chi connectivity index (χ4v) is 2.89. The van der Waals surface area contributed by atoms with E-state index in [-0.39, 0.29) is 12.5 Å². The maximum atomic E-state index is 9.02. The van der Waals surface area contributed by atoms with Gasteiger partial charge in [-0.15, -0.1) is 11.3 Å². The van der Waals surface area contributed by atoms with Crippen LogP contribution in [0.25, 0.3) is 0 Å². The minimum absolute atomic E-state index is 0.214. The summed E-state index contributed by atoms with van der Waals surface area (Å²) in [6.45, 7) is 5.13. The molecule has 0 aliphatic heterocycles. The Morgan fingerprint density at radius 2 is 2.25 bits per heavy atom. The second kappa shape index (κ2) is 6.59. The zero-order chi connectivity index (χ0) is 12.1. The minimum atomic E-state index is 0.214. The van der Waals surface area contributed by atoms with E-state index in [1.165, 1.54) is 4.88 Å². The normalized spacial score (nSPS) is 14.8. The summed E-state index contributed by atoms with van der Waals surface area (Å²) < 4.78 is 6.20. The zero-order valence-electron chi connectivity index (χ0n) is 9.79. The Labute approximate surface area is 109 Å². The number of aliphatic hydroxyl groups is 1. The first kappa shape index (κ1) is 14.0. The molecule has 1 rings (SSSR count). The van der Waals surface area contributed by atoms with E-state index in [2.05, 4.69) is 34.2 Å². The van der Waals surface area contributed by atoms with Crippen LogP contribution in [-0.2, 0) is 6.54 Å². The third-order valence-electron chi connectivity index (χ3n) is 2.63. The van der Waals surface area contributed by atoms with Gasteiger partial charge in [0.2, 0.25) is 0 Å². The summed E-state index contributed by atoms with van der Waals surface area (Å²) >= 11 is 5.07. The van der Waals surface area contributed by atoms with Crippen molar-refractivity contribution in [3.63, 3.8) is 0 Å². The second-order valence-electron chi connectivity index (χ2n) is 3.88. The Bertz CT molecular complexity index is 330. The Morgan fingerprint density at radius 1 is 1.56 bits per heavy atom. The minimum Gasteiger partial charge on any atom is -0.486 e. The predicted octanol–water partition coefficient (Wildman–Crippen LogP) is 2.63. The van der Waals surface area contributed by atoms with Crippen LogP contribution >= 0.6 is 27.3 Å². The molecule has 1 aromatic rings. The lowest BCUT2D eigenvalue weighted by Crippen LogP contribution is -2.33. The molecule has 1 aromatic heterocycles. The van der Waals surface area contributed by atoms with Gasteiger partial charge in [-0.3, -0.25) is 0 Å². The highest BCUT2D eigenvalue weighted by Gasteiger charge is 2.12. The molecule has 0 aliphatic rings. The van der Waals surface area contributed by atoms with E-state index in [0.717, 1.165) is 16.1 Å². The first-order valence-corrected chi connectivity index (χ1v) is 6.85. The van der Waals surface area contributed by atoms with Crippen LogP contribution in [0.1, 0.15) is 18.7 Å². The molecule has 1 heterocycles. The molecule has 5 heteroatoms. The molecule has 2 N–H and O–H groups in total. The number of nitrogens with one attached hydrogen (secondary N) is 1. The topological polar surface area (TPSA) is 41.5 Å². The van der Waals surface area contributed by atoms with Gasteiger partial charge >= 0.3 is 0 Å². The summed E-state index contributed by atoms with van der Waals surface area (Å²) in [5.41, 5.74) is 0. The third kappa shape index (κ3) is 3.73. The molecule has 0 bridgehead atoms. The van der Waals surface area contributed by atoms with Crippen LogP contribution in [0.15, 0.2) is 10.5 Å². The van der Waals surface area contributed by atoms with Gasteiger partial charge in [0, 0.05) is 24.1 Å². The standard InChI is InChI=1S/C11H18BrNO2S/c1-7(6-14)8(2)13-5-9-4-10(12)11(15-3)16-9/h4,7-8,13-14H,5-6H2,1-3H3. The van der Waals surface area contributed by atoms with E-state index in [1.54, 1.807) is 18.4 Å². The number of aliphatic hydroxyl groups excluding tert-OH is 1. The maximum Gasteiger partial charge on any atom is 0.188 e. The molecule has 2 unspecified atom stereocenters. The molecule has 0 saturated carbocycles. The molecule has 0 amide bonds. The van der Waals surface area contributed by atoms with Crippen LogP contribution in [0.4, 0.5) is 0 Å². The van der Waals surface area contributed by atoms with Gasteiger partial charge in [-0.2, -0.15) is 0 Å². The van der Waals surface area contributed by atoms with E-state index >= 15 is 0 Å². The lowest BCUT2D eigenvalue weighted by atomic mass is 10.1. The van der Waals surface area contributed by atoms with Gasteiger partial charge in [0.05, 0.1) is 11.6 Å². The molecule has 0 aromatic carbocycles. The fourth-order valence-electron chi connectivity index (χ4n) is 1.24. The molecule has 16 heavy (non-hydrogen) atoms. The summed E-state index contributed by atoms with van der Waals surface area (Å²) in [5, 5.41) is 13.3. The smallest absolute Gasteiger partial charge is 0.188 e. The lowest BCUT2D eigenvalue weighted by molar-refractivity contribution is 0.207. The van der Waals surface area contributed by atoms with Gasteiger partial charge in [0.1, 0.15) is 0 Å². The van der Waals surface area contributed by atoms with Crippen molar-refractivity contribution in [2.45, 2.75) is 26.4 Å². The van der Waals surface area contributed by atoms with Crippen molar-refractivity contribution < 1.29 is 9.84 Å². The van der Waals surface area contributed by atoms with Gasteiger partial charge in [-0.25, -0.2) is 0 Å². The summed E-state index contributed by atoms with van der Waals surface area (Å²) in [7, 11) is 1.67. The molecule has 2 atom stereocenters. The molecule has 0 saturated heterocycles. The van der Waals surface area contributed by atoms with Crippen LogP contribution in [-0.4, -0.2) is 24.9 Å². The molecule has 92 valence electrons. The van der Waals surface area contributed by atoms with Crippen molar-refractivity contribution in [1.29, 1.82) is 0 Å². The first-order chi connectivity index (χ1) is 7.58. The molecule has 0 fully saturated rings. The molecular weight excluding hydrogens is 290 g/mol. The lowest BCUT2D eigenvalue weighted by Gasteiger charge is -2.18. The van der Waals surface area contributed by atoms with Crippen molar-refractivity contribution in [3.05, 3.63) is 15.4 Å². The van der Waals surface area contributed by atoms with Crippen LogP contribution < -0.4 is 10.1 Å². The highest BCUT2D eigenvalue weighted by Crippen LogP contribution is 2.34. The zero-order valence-corrected chi connectivity index (χ0v) is 12.2.